The molecule has 0 spiro atoms. The van der Waals surface area contributed by atoms with Crippen molar-refractivity contribution in [1.82, 2.24) is 24.5 Å². The lowest BCUT2D eigenvalue weighted by atomic mass is 9.92. The van der Waals surface area contributed by atoms with E-state index in [1.165, 1.54) is 0 Å². The van der Waals surface area contributed by atoms with Gasteiger partial charge in [-0.05, 0) is 54.7 Å². The first-order valence-electron chi connectivity index (χ1n) is 11.5. The average molecular weight is 453 g/mol. The highest BCUT2D eigenvalue weighted by Gasteiger charge is 2.31. The summed E-state index contributed by atoms with van der Waals surface area (Å²) in [6.45, 7) is 9.36. The average Bonchev–Trinajstić information content (AvgIpc) is 3.35. The largest absolute Gasteiger partial charge is 0.327 e. The van der Waals surface area contributed by atoms with E-state index in [1.54, 1.807) is 24.8 Å². The quantitative estimate of drug-likeness (QED) is 0.459. The summed E-state index contributed by atoms with van der Waals surface area (Å²) in [6.07, 6.45) is 9.95. The molecule has 0 unspecified atom stereocenters. The molecule has 0 aliphatic carbocycles. The molecule has 5 heterocycles. The van der Waals surface area contributed by atoms with Crippen molar-refractivity contribution in [2.45, 2.75) is 46.6 Å². The molecule has 0 radical (unpaired) electrons. The van der Waals surface area contributed by atoms with Gasteiger partial charge in [-0.2, -0.15) is 0 Å². The van der Waals surface area contributed by atoms with E-state index in [4.69, 9.17) is 0 Å². The molecule has 0 fully saturated rings. The first-order valence-corrected chi connectivity index (χ1v) is 11.5. The molecule has 7 heteroatoms. The predicted octanol–water partition coefficient (Wildman–Crippen LogP) is 5.04. The minimum atomic E-state index is -0.373. The van der Waals surface area contributed by atoms with E-state index in [9.17, 15) is 4.79 Å². The van der Waals surface area contributed by atoms with Gasteiger partial charge in [0.2, 0.25) is 5.91 Å². The third-order valence-electron chi connectivity index (χ3n) is 6.43. The highest BCUT2D eigenvalue weighted by atomic mass is 16.1. The molecule has 0 saturated heterocycles. The Balaban J connectivity index is 1.34. The summed E-state index contributed by atoms with van der Waals surface area (Å²) in [5.74, 6) is 1.14. The van der Waals surface area contributed by atoms with E-state index in [2.05, 4.69) is 43.7 Å². The number of aromatic nitrogens is 5. The summed E-state index contributed by atoms with van der Waals surface area (Å²) in [4.78, 5) is 30.8. The monoisotopic (exact) mass is 452 g/mol. The van der Waals surface area contributed by atoms with E-state index >= 15 is 0 Å². The van der Waals surface area contributed by atoms with Gasteiger partial charge in [-0.25, -0.2) is 9.97 Å². The van der Waals surface area contributed by atoms with Crippen LogP contribution < -0.4 is 5.32 Å². The lowest BCUT2D eigenvalue weighted by Gasteiger charge is -2.17. The number of carbonyl (C=O) groups excluding carboxylic acids is 1. The fourth-order valence-corrected chi connectivity index (χ4v) is 4.46. The Kier molecular flexibility index (Phi) is 5.48. The normalized spacial score (nSPS) is 15.1. The van der Waals surface area contributed by atoms with Crippen molar-refractivity contribution in [3.63, 3.8) is 0 Å². The van der Waals surface area contributed by atoms with Gasteiger partial charge in [-0.15, -0.1) is 0 Å². The van der Waals surface area contributed by atoms with Crippen LogP contribution in [-0.4, -0.2) is 30.4 Å². The van der Waals surface area contributed by atoms with Crippen LogP contribution in [0.2, 0.25) is 0 Å². The number of carbonyl (C=O) groups is 1. The van der Waals surface area contributed by atoms with Crippen LogP contribution in [0.4, 0.5) is 5.82 Å². The maximum absolute atomic E-state index is 13.0. The molecule has 4 aromatic rings. The molecule has 1 atom stereocenters. The van der Waals surface area contributed by atoms with Crippen LogP contribution in [-0.2, 0) is 17.8 Å². The zero-order chi connectivity index (χ0) is 23.9. The van der Waals surface area contributed by atoms with Crippen LogP contribution in [0.25, 0.3) is 22.5 Å². The first-order chi connectivity index (χ1) is 16.3. The molecule has 172 valence electrons. The van der Waals surface area contributed by atoms with Gasteiger partial charge in [-0.3, -0.25) is 14.8 Å². The Hall–Kier alpha value is -3.87. The molecule has 34 heavy (non-hydrogen) atoms. The van der Waals surface area contributed by atoms with Crippen LogP contribution >= 0.6 is 0 Å². The highest BCUT2D eigenvalue weighted by Crippen LogP contribution is 2.36. The van der Waals surface area contributed by atoms with Crippen molar-refractivity contribution in [3.05, 3.63) is 78.3 Å². The van der Waals surface area contributed by atoms with E-state index in [-0.39, 0.29) is 17.2 Å². The second-order valence-electron chi connectivity index (χ2n) is 9.80. The second-order valence-corrected chi connectivity index (χ2v) is 9.80. The summed E-state index contributed by atoms with van der Waals surface area (Å²) in [7, 11) is 0. The number of aryl methyl sites for hydroxylation is 1. The third kappa shape index (κ3) is 4.21. The third-order valence-corrected chi connectivity index (χ3v) is 6.43. The number of nitrogens with one attached hydrogen (secondary N) is 1. The molecule has 4 aromatic heterocycles. The Bertz CT molecular complexity index is 1340. The maximum Gasteiger partial charge on any atom is 0.232 e. The Morgan fingerprint density at radius 3 is 2.68 bits per heavy atom. The highest BCUT2D eigenvalue weighted by molar-refractivity contribution is 5.95. The Morgan fingerprint density at radius 1 is 1.09 bits per heavy atom. The molecule has 1 amide bonds. The number of hydrogen-bond acceptors (Lipinski definition) is 5. The van der Waals surface area contributed by atoms with Crippen molar-refractivity contribution < 1.29 is 4.79 Å². The van der Waals surface area contributed by atoms with Crippen LogP contribution in [0.15, 0.2) is 61.3 Å². The van der Waals surface area contributed by atoms with Crippen molar-refractivity contribution in [1.29, 1.82) is 0 Å². The van der Waals surface area contributed by atoms with Crippen LogP contribution in [0.3, 0.4) is 0 Å². The molecule has 0 bridgehead atoms. The first kappa shape index (κ1) is 21.9. The molecule has 0 aromatic carbocycles. The van der Waals surface area contributed by atoms with Gasteiger partial charge < -0.3 is 9.88 Å². The van der Waals surface area contributed by atoms with Crippen LogP contribution in [0, 0.1) is 12.3 Å². The van der Waals surface area contributed by atoms with E-state index in [1.807, 2.05) is 50.4 Å². The summed E-state index contributed by atoms with van der Waals surface area (Å²) in [5, 5.41) is 2.98. The Labute approximate surface area is 199 Å². The second kappa shape index (κ2) is 8.48. The maximum atomic E-state index is 13.0. The van der Waals surface area contributed by atoms with Gasteiger partial charge in [0.15, 0.2) is 0 Å². The zero-order valence-electron chi connectivity index (χ0n) is 19.9. The SMILES string of the molecule is Cc1cnc(NC(=O)[C@H](C)c2ccc(-c3cccnc3)nc2)cc1-c1cnc2n1CC(C)(C)C2. The molecular formula is C27H28N6O. The summed E-state index contributed by atoms with van der Waals surface area (Å²) >= 11 is 0. The van der Waals surface area contributed by atoms with E-state index < -0.39 is 0 Å². The molecule has 5 rings (SSSR count). The minimum absolute atomic E-state index is 0.127. The topological polar surface area (TPSA) is 85.6 Å². The number of nitrogens with zero attached hydrogens (tertiary/aromatic N) is 5. The number of hydrogen-bond donors (Lipinski definition) is 1. The molecule has 1 N–H and O–H groups in total. The van der Waals surface area contributed by atoms with Gasteiger partial charge in [0, 0.05) is 48.9 Å². The van der Waals surface area contributed by atoms with Gasteiger partial charge in [-0.1, -0.05) is 19.9 Å². The van der Waals surface area contributed by atoms with Crippen molar-refractivity contribution in [2.75, 3.05) is 5.32 Å². The summed E-state index contributed by atoms with van der Waals surface area (Å²) in [6, 6.07) is 9.63. The number of imidazole rings is 1. The van der Waals surface area contributed by atoms with Crippen LogP contribution in [0.5, 0.6) is 0 Å². The molecule has 1 aliphatic rings. The summed E-state index contributed by atoms with van der Waals surface area (Å²) < 4.78 is 2.28. The predicted molar refractivity (Wildman–Crippen MR) is 132 cm³/mol. The lowest BCUT2D eigenvalue weighted by molar-refractivity contribution is -0.117. The number of amides is 1. The van der Waals surface area contributed by atoms with Gasteiger partial charge >= 0.3 is 0 Å². The van der Waals surface area contributed by atoms with Crippen molar-refractivity contribution in [3.8, 4) is 22.5 Å². The molecule has 1 aliphatic heterocycles. The van der Waals surface area contributed by atoms with Crippen LogP contribution in [0.1, 0.15) is 43.6 Å². The fraction of sp³-hybridized carbons (Fsp3) is 0.296. The van der Waals surface area contributed by atoms with Gasteiger partial charge in [0.05, 0.1) is 23.5 Å². The summed E-state index contributed by atoms with van der Waals surface area (Å²) in [5.41, 5.74) is 5.97. The van der Waals surface area contributed by atoms with Crippen molar-refractivity contribution in [2.24, 2.45) is 5.41 Å². The van der Waals surface area contributed by atoms with Crippen molar-refractivity contribution >= 4 is 11.7 Å². The fourth-order valence-electron chi connectivity index (χ4n) is 4.46. The lowest BCUT2D eigenvalue weighted by Crippen LogP contribution is -2.20. The molecular weight excluding hydrogens is 424 g/mol. The van der Waals surface area contributed by atoms with E-state index in [0.29, 0.717) is 5.82 Å². The van der Waals surface area contributed by atoms with E-state index in [0.717, 1.165) is 52.4 Å². The number of fused-ring (bicyclic) bond motifs is 1. The zero-order valence-corrected chi connectivity index (χ0v) is 19.9. The molecule has 7 nitrogen and oxygen atoms in total. The minimum Gasteiger partial charge on any atom is -0.327 e. The number of anilines is 1. The van der Waals surface area contributed by atoms with Gasteiger partial charge in [0.25, 0.3) is 0 Å². The molecule has 0 saturated carbocycles. The number of rotatable bonds is 5. The smallest absolute Gasteiger partial charge is 0.232 e. The standard InChI is InChI=1S/C27H28N6O/c1-17-12-30-24(10-21(17)23-15-31-25-11-27(3,4)16-33(23)25)32-26(34)18(2)19-7-8-22(29-14-19)20-6-5-9-28-13-20/h5-10,12-15,18H,11,16H2,1-4H3,(H,30,32,34)/t18-/m1/s1. The number of pyridine rings is 3. The van der Waals surface area contributed by atoms with Gasteiger partial charge in [0.1, 0.15) is 11.6 Å². The Morgan fingerprint density at radius 2 is 1.94 bits per heavy atom.